The average Bonchev–Trinajstić information content (AvgIpc) is 2.62. The van der Waals surface area contributed by atoms with Crippen molar-refractivity contribution in [3.63, 3.8) is 0 Å². The van der Waals surface area contributed by atoms with Crippen LogP contribution < -0.4 is 0 Å². The zero-order valence-electron chi connectivity index (χ0n) is 14.7. The number of unbranched alkanes of at least 4 members (excludes halogenated alkanes) is 6. The van der Waals surface area contributed by atoms with Gasteiger partial charge in [-0.1, -0.05) is 87.6 Å². The summed E-state index contributed by atoms with van der Waals surface area (Å²) >= 11 is 0. The van der Waals surface area contributed by atoms with Crippen molar-refractivity contribution in [1.82, 2.24) is 0 Å². The minimum absolute atomic E-state index is 0.254. The summed E-state index contributed by atoms with van der Waals surface area (Å²) in [6.45, 7) is 2.58. The van der Waals surface area contributed by atoms with E-state index < -0.39 is 0 Å². The van der Waals surface area contributed by atoms with Crippen LogP contribution in [0.5, 0.6) is 0 Å². The smallest absolute Gasteiger partial charge is 0.339 e. The summed E-state index contributed by atoms with van der Waals surface area (Å²) in [6.07, 6.45) is 13.0. The summed E-state index contributed by atoms with van der Waals surface area (Å²) in [5.74, 6) is -0.254. The van der Waals surface area contributed by atoms with Gasteiger partial charge in [0.15, 0.2) is 0 Å². The minimum Gasteiger partial charge on any atom is -0.458 e. The number of benzene rings is 2. The number of carbonyl (C=O) groups excluding carboxylic acids is 1. The van der Waals surface area contributed by atoms with Crippen molar-refractivity contribution >= 4 is 16.7 Å². The van der Waals surface area contributed by atoms with E-state index in [9.17, 15) is 4.79 Å². The summed E-state index contributed by atoms with van der Waals surface area (Å²) in [4.78, 5) is 12.2. The van der Waals surface area contributed by atoms with E-state index in [0.717, 1.165) is 17.2 Å². The SMILES string of the molecule is CCCCCCCC/C=C/COC(=O)c1cccc2ccccc12. The second-order valence-electron chi connectivity index (χ2n) is 6.15. The molecule has 0 saturated heterocycles. The maximum atomic E-state index is 12.2. The summed E-state index contributed by atoms with van der Waals surface area (Å²) in [5, 5.41) is 2.01. The first-order valence-corrected chi connectivity index (χ1v) is 9.13. The van der Waals surface area contributed by atoms with Crippen molar-refractivity contribution in [3.8, 4) is 0 Å². The zero-order valence-corrected chi connectivity index (χ0v) is 14.7. The lowest BCUT2D eigenvalue weighted by atomic mass is 10.1. The molecule has 0 aliphatic rings. The third-order valence-corrected chi connectivity index (χ3v) is 4.21. The Kier molecular flexibility index (Phi) is 8.09. The number of rotatable bonds is 10. The Morgan fingerprint density at radius 3 is 2.54 bits per heavy atom. The Morgan fingerprint density at radius 2 is 1.67 bits per heavy atom. The molecule has 2 heteroatoms. The minimum atomic E-state index is -0.254. The fraction of sp³-hybridized carbons (Fsp3) is 0.409. The molecule has 0 aromatic heterocycles. The van der Waals surface area contributed by atoms with Gasteiger partial charge in [-0.3, -0.25) is 0 Å². The van der Waals surface area contributed by atoms with Crippen LogP contribution in [0, 0.1) is 0 Å². The van der Waals surface area contributed by atoms with Gasteiger partial charge in [0, 0.05) is 0 Å². The van der Waals surface area contributed by atoms with Gasteiger partial charge < -0.3 is 4.74 Å². The first-order valence-electron chi connectivity index (χ1n) is 9.13. The number of esters is 1. The van der Waals surface area contributed by atoms with E-state index >= 15 is 0 Å². The number of allylic oxidation sites excluding steroid dienone is 1. The normalized spacial score (nSPS) is 11.2. The number of hydrogen-bond acceptors (Lipinski definition) is 2. The van der Waals surface area contributed by atoms with Crippen molar-refractivity contribution in [3.05, 3.63) is 60.2 Å². The first kappa shape index (κ1) is 18.3. The standard InChI is InChI=1S/C22H28O2/c1-2-3-4-5-6-7-8-9-12-18-24-22(23)21-17-13-15-19-14-10-11-16-20(19)21/h9-17H,2-8,18H2,1H3/b12-9+. The predicted molar refractivity (Wildman–Crippen MR) is 101 cm³/mol. The Bertz CT molecular complexity index is 653. The van der Waals surface area contributed by atoms with Crippen LogP contribution >= 0.6 is 0 Å². The maximum absolute atomic E-state index is 12.2. The van der Waals surface area contributed by atoms with E-state index in [-0.39, 0.29) is 5.97 Å². The molecule has 0 fully saturated rings. The molecule has 0 amide bonds. The van der Waals surface area contributed by atoms with Gasteiger partial charge in [-0.25, -0.2) is 4.79 Å². The fourth-order valence-electron chi connectivity index (χ4n) is 2.83. The molecule has 0 saturated carbocycles. The molecular formula is C22H28O2. The molecule has 0 spiro atoms. The molecule has 0 unspecified atom stereocenters. The van der Waals surface area contributed by atoms with E-state index in [1.807, 2.05) is 48.5 Å². The lowest BCUT2D eigenvalue weighted by molar-refractivity contribution is 0.0551. The van der Waals surface area contributed by atoms with Crippen LogP contribution in [0.25, 0.3) is 10.8 Å². The van der Waals surface area contributed by atoms with Crippen LogP contribution in [0.4, 0.5) is 0 Å². The summed E-state index contributed by atoms with van der Waals surface area (Å²) in [6, 6.07) is 13.6. The largest absolute Gasteiger partial charge is 0.458 e. The van der Waals surface area contributed by atoms with Crippen LogP contribution in [-0.2, 0) is 4.74 Å². The Morgan fingerprint density at radius 1 is 0.917 bits per heavy atom. The van der Waals surface area contributed by atoms with Crippen molar-refractivity contribution in [2.24, 2.45) is 0 Å². The Labute approximate surface area is 145 Å². The quantitative estimate of drug-likeness (QED) is 0.291. The van der Waals surface area contributed by atoms with Gasteiger partial charge >= 0.3 is 5.97 Å². The van der Waals surface area contributed by atoms with E-state index in [0.29, 0.717) is 12.2 Å². The predicted octanol–water partition coefficient (Wildman–Crippen LogP) is 6.30. The second kappa shape index (κ2) is 10.6. The van der Waals surface area contributed by atoms with Crippen molar-refractivity contribution in [1.29, 1.82) is 0 Å². The molecule has 128 valence electrons. The summed E-state index contributed by atoms with van der Waals surface area (Å²) in [5.41, 5.74) is 0.637. The average molecular weight is 324 g/mol. The molecule has 0 aliphatic carbocycles. The molecule has 0 heterocycles. The lowest BCUT2D eigenvalue weighted by Gasteiger charge is -2.05. The third kappa shape index (κ3) is 5.84. The summed E-state index contributed by atoms with van der Waals surface area (Å²) < 4.78 is 5.37. The molecule has 0 atom stereocenters. The number of ether oxygens (including phenoxy) is 1. The van der Waals surface area contributed by atoms with Gasteiger partial charge in [0.05, 0.1) is 5.56 Å². The monoisotopic (exact) mass is 324 g/mol. The molecule has 2 nitrogen and oxygen atoms in total. The van der Waals surface area contributed by atoms with Gasteiger partial charge in [0.1, 0.15) is 6.61 Å². The van der Waals surface area contributed by atoms with E-state index in [2.05, 4.69) is 13.0 Å². The van der Waals surface area contributed by atoms with Crippen LogP contribution in [0.15, 0.2) is 54.6 Å². The number of hydrogen-bond donors (Lipinski definition) is 0. The molecule has 0 radical (unpaired) electrons. The maximum Gasteiger partial charge on any atom is 0.339 e. The fourth-order valence-corrected chi connectivity index (χ4v) is 2.83. The highest BCUT2D eigenvalue weighted by Crippen LogP contribution is 2.19. The van der Waals surface area contributed by atoms with Crippen LogP contribution in [0.1, 0.15) is 62.2 Å². The lowest BCUT2D eigenvalue weighted by Crippen LogP contribution is -2.05. The van der Waals surface area contributed by atoms with Gasteiger partial charge in [-0.15, -0.1) is 0 Å². The third-order valence-electron chi connectivity index (χ3n) is 4.21. The summed E-state index contributed by atoms with van der Waals surface area (Å²) in [7, 11) is 0. The van der Waals surface area contributed by atoms with Gasteiger partial charge in [0.2, 0.25) is 0 Å². The number of carbonyl (C=O) groups is 1. The molecule has 2 aromatic carbocycles. The van der Waals surface area contributed by atoms with Crippen LogP contribution in [-0.4, -0.2) is 12.6 Å². The van der Waals surface area contributed by atoms with Crippen LogP contribution in [0.3, 0.4) is 0 Å². The molecule has 2 rings (SSSR count). The number of fused-ring (bicyclic) bond motifs is 1. The molecular weight excluding hydrogens is 296 g/mol. The zero-order chi connectivity index (χ0) is 17.0. The Balaban J connectivity index is 1.70. The molecule has 24 heavy (non-hydrogen) atoms. The van der Waals surface area contributed by atoms with Gasteiger partial charge in [-0.05, 0) is 29.7 Å². The highest BCUT2D eigenvalue weighted by molar-refractivity contribution is 6.04. The van der Waals surface area contributed by atoms with E-state index in [1.54, 1.807) is 0 Å². The van der Waals surface area contributed by atoms with Gasteiger partial charge in [0.25, 0.3) is 0 Å². The molecule has 0 N–H and O–H groups in total. The van der Waals surface area contributed by atoms with Crippen LogP contribution in [0.2, 0.25) is 0 Å². The highest BCUT2D eigenvalue weighted by Gasteiger charge is 2.09. The van der Waals surface area contributed by atoms with E-state index in [4.69, 9.17) is 4.74 Å². The Hall–Kier alpha value is -2.09. The highest BCUT2D eigenvalue weighted by atomic mass is 16.5. The first-order chi connectivity index (χ1) is 11.8. The topological polar surface area (TPSA) is 26.3 Å². The second-order valence-corrected chi connectivity index (χ2v) is 6.15. The molecule has 0 aliphatic heterocycles. The van der Waals surface area contributed by atoms with Crippen molar-refractivity contribution in [2.75, 3.05) is 6.61 Å². The van der Waals surface area contributed by atoms with E-state index in [1.165, 1.54) is 38.5 Å². The van der Waals surface area contributed by atoms with Crippen molar-refractivity contribution < 1.29 is 9.53 Å². The molecule has 0 bridgehead atoms. The van der Waals surface area contributed by atoms with Gasteiger partial charge in [-0.2, -0.15) is 0 Å². The molecule has 2 aromatic rings. The van der Waals surface area contributed by atoms with Crippen molar-refractivity contribution in [2.45, 2.75) is 51.9 Å².